The van der Waals surface area contributed by atoms with Gasteiger partial charge in [-0.1, -0.05) is 6.07 Å². The van der Waals surface area contributed by atoms with Crippen molar-refractivity contribution in [3.8, 4) is 40.4 Å². The van der Waals surface area contributed by atoms with Crippen LogP contribution >= 0.6 is 0 Å². The molecule has 0 spiro atoms. The lowest BCUT2D eigenvalue weighted by molar-refractivity contribution is 0.581. The first-order valence-electron chi connectivity index (χ1n) is 10.6. The molecule has 164 valence electrons. The molecule has 4 aromatic rings. The Kier molecular flexibility index (Phi) is 5.07. The highest BCUT2D eigenvalue weighted by Crippen LogP contribution is 2.30. The highest BCUT2D eigenvalue weighted by molar-refractivity contribution is 5.69. The Morgan fingerprint density at radius 1 is 1.06 bits per heavy atom. The fraction of sp³-hybridized carbons (Fsp3) is 0.250. The molecule has 3 aromatic heterocycles. The van der Waals surface area contributed by atoms with Gasteiger partial charge in [0.1, 0.15) is 0 Å². The van der Waals surface area contributed by atoms with Crippen molar-refractivity contribution >= 4 is 5.82 Å². The van der Waals surface area contributed by atoms with Crippen LogP contribution in [-0.4, -0.2) is 31.7 Å². The zero-order valence-corrected chi connectivity index (χ0v) is 18.3. The number of hydrogen-bond donors (Lipinski definition) is 2. The summed E-state index contributed by atoms with van der Waals surface area (Å²) in [5.41, 5.74) is 11.0. The molecular weight excluding hydrogens is 416 g/mol. The highest BCUT2D eigenvalue weighted by Gasteiger charge is 2.23. The SMILES string of the molecule is CC(C)(C#N)c1cc(-c2cnc(N)c(-c3nnc(-c4ccc5c(c4)CNCC5)o3)n2)ccn1. The van der Waals surface area contributed by atoms with Crippen molar-refractivity contribution in [1.82, 2.24) is 30.5 Å². The quantitative estimate of drug-likeness (QED) is 0.491. The van der Waals surface area contributed by atoms with Crippen LogP contribution in [-0.2, 0) is 18.4 Å². The molecule has 9 heteroatoms. The number of anilines is 1. The molecule has 1 aliphatic heterocycles. The van der Waals surface area contributed by atoms with E-state index in [1.807, 2.05) is 26.0 Å². The first kappa shape index (κ1) is 20.7. The average molecular weight is 438 g/mol. The third-order valence-corrected chi connectivity index (χ3v) is 5.74. The van der Waals surface area contributed by atoms with Gasteiger partial charge in [-0.15, -0.1) is 10.2 Å². The number of nitrogens with two attached hydrogens (primary N) is 1. The molecule has 0 unspecified atom stereocenters. The van der Waals surface area contributed by atoms with E-state index in [2.05, 4.69) is 48.7 Å². The minimum Gasteiger partial charge on any atom is -0.414 e. The van der Waals surface area contributed by atoms with Gasteiger partial charge in [0.15, 0.2) is 11.5 Å². The fourth-order valence-corrected chi connectivity index (χ4v) is 3.73. The molecule has 33 heavy (non-hydrogen) atoms. The van der Waals surface area contributed by atoms with Crippen LogP contribution in [0.1, 0.15) is 30.7 Å². The molecule has 9 nitrogen and oxygen atoms in total. The van der Waals surface area contributed by atoms with Crippen LogP contribution < -0.4 is 11.1 Å². The minimum atomic E-state index is -0.730. The lowest BCUT2D eigenvalue weighted by Gasteiger charge is -2.17. The highest BCUT2D eigenvalue weighted by atomic mass is 16.4. The molecule has 4 heterocycles. The molecule has 0 saturated heterocycles. The number of nitrogens with one attached hydrogen (secondary N) is 1. The molecule has 0 radical (unpaired) electrons. The zero-order valence-electron chi connectivity index (χ0n) is 18.3. The molecule has 5 rings (SSSR count). The summed E-state index contributed by atoms with van der Waals surface area (Å²) in [5.74, 6) is 0.779. The summed E-state index contributed by atoms with van der Waals surface area (Å²) in [5, 5.41) is 21.2. The Labute approximate surface area is 190 Å². The van der Waals surface area contributed by atoms with E-state index in [4.69, 9.17) is 10.2 Å². The maximum absolute atomic E-state index is 9.43. The van der Waals surface area contributed by atoms with E-state index in [0.29, 0.717) is 23.0 Å². The van der Waals surface area contributed by atoms with E-state index in [-0.39, 0.29) is 11.7 Å². The third-order valence-electron chi connectivity index (χ3n) is 5.74. The summed E-state index contributed by atoms with van der Waals surface area (Å²) in [7, 11) is 0. The molecule has 1 aromatic carbocycles. The molecule has 1 aliphatic rings. The molecule has 0 amide bonds. The van der Waals surface area contributed by atoms with E-state index in [0.717, 1.165) is 30.6 Å². The second-order valence-electron chi connectivity index (χ2n) is 8.48. The number of fused-ring (bicyclic) bond motifs is 1. The van der Waals surface area contributed by atoms with Gasteiger partial charge in [-0.25, -0.2) is 9.97 Å². The second-order valence-corrected chi connectivity index (χ2v) is 8.48. The number of rotatable bonds is 4. The number of benzene rings is 1. The Balaban J connectivity index is 1.50. The maximum atomic E-state index is 9.43. The van der Waals surface area contributed by atoms with Gasteiger partial charge in [-0.3, -0.25) is 4.98 Å². The van der Waals surface area contributed by atoms with Gasteiger partial charge in [-0.2, -0.15) is 5.26 Å². The van der Waals surface area contributed by atoms with Crippen molar-refractivity contribution in [3.05, 3.63) is 59.5 Å². The number of pyridine rings is 1. The largest absolute Gasteiger partial charge is 0.414 e. The van der Waals surface area contributed by atoms with Crippen molar-refractivity contribution in [2.45, 2.75) is 32.2 Å². The fourth-order valence-electron chi connectivity index (χ4n) is 3.73. The Morgan fingerprint density at radius 2 is 1.91 bits per heavy atom. The van der Waals surface area contributed by atoms with Gasteiger partial charge in [0, 0.05) is 23.9 Å². The van der Waals surface area contributed by atoms with Gasteiger partial charge >= 0.3 is 0 Å². The van der Waals surface area contributed by atoms with E-state index in [9.17, 15) is 5.26 Å². The summed E-state index contributed by atoms with van der Waals surface area (Å²) in [6.07, 6.45) is 4.23. The standard InChI is InChI=1S/C24H22N8O/c1-24(2,13-25)19-10-15(6-8-28-19)18-12-29-21(26)20(30-18)23-32-31-22(33-23)16-4-3-14-5-7-27-11-17(14)9-16/h3-4,6,8-10,12,27H,5,7,11H2,1-2H3,(H2,26,29). The van der Waals surface area contributed by atoms with Crippen LogP contribution in [0.3, 0.4) is 0 Å². The first-order chi connectivity index (χ1) is 15.9. The smallest absolute Gasteiger partial charge is 0.270 e. The summed E-state index contributed by atoms with van der Waals surface area (Å²) in [6, 6.07) is 12.1. The number of nitriles is 1. The van der Waals surface area contributed by atoms with Gasteiger partial charge in [0.05, 0.1) is 29.1 Å². The lowest BCUT2D eigenvalue weighted by Crippen LogP contribution is -2.23. The lowest BCUT2D eigenvalue weighted by atomic mass is 9.90. The van der Waals surface area contributed by atoms with Crippen molar-refractivity contribution in [2.75, 3.05) is 12.3 Å². The minimum absolute atomic E-state index is 0.190. The molecule has 3 N–H and O–H groups in total. The number of hydrogen-bond acceptors (Lipinski definition) is 9. The van der Waals surface area contributed by atoms with Crippen LogP contribution in [0.2, 0.25) is 0 Å². The van der Waals surface area contributed by atoms with E-state index < -0.39 is 5.41 Å². The average Bonchev–Trinajstić information content (AvgIpc) is 3.34. The predicted molar refractivity (Wildman–Crippen MR) is 122 cm³/mol. The van der Waals surface area contributed by atoms with Crippen LogP contribution in [0.4, 0.5) is 5.82 Å². The normalized spacial score (nSPS) is 13.4. The molecule has 0 saturated carbocycles. The van der Waals surface area contributed by atoms with Crippen molar-refractivity contribution in [1.29, 1.82) is 5.26 Å². The van der Waals surface area contributed by atoms with E-state index in [1.54, 1.807) is 18.5 Å². The van der Waals surface area contributed by atoms with E-state index in [1.165, 1.54) is 11.1 Å². The van der Waals surface area contributed by atoms with Crippen LogP contribution in [0.15, 0.2) is 47.1 Å². The Bertz CT molecular complexity index is 1390. The monoisotopic (exact) mass is 438 g/mol. The summed E-state index contributed by atoms with van der Waals surface area (Å²) >= 11 is 0. The number of nitrogen functional groups attached to an aromatic ring is 1. The molecule has 0 fully saturated rings. The van der Waals surface area contributed by atoms with Gasteiger partial charge in [-0.05, 0) is 62.2 Å². The van der Waals surface area contributed by atoms with Crippen molar-refractivity contribution < 1.29 is 4.42 Å². The topological polar surface area (TPSA) is 139 Å². The third kappa shape index (κ3) is 3.92. The first-order valence-corrected chi connectivity index (χ1v) is 10.6. The number of nitrogens with zero attached hydrogens (tertiary/aromatic N) is 6. The van der Waals surface area contributed by atoms with Gasteiger partial charge < -0.3 is 15.5 Å². The van der Waals surface area contributed by atoms with Gasteiger partial charge in [0.25, 0.3) is 5.89 Å². The van der Waals surface area contributed by atoms with Crippen molar-refractivity contribution in [2.24, 2.45) is 0 Å². The molecule has 0 aliphatic carbocycles. The maximum Gasteiger partial charge on any atom is 0.270 e. The molecule has 0 atom stereocenters. The van der Waals surface area contributed by atoms with Crippen molar-refractivity contribution in [3.63, 3.8) is 0 Å². The summed E-state index contributed by atoms with van der Waals surface area (Å²) < 4.78 is 5.93. The van der Waals surface area contributed by atoms with Crippen LogP contribution in [0.5, 0.6) is 0 Å². The zero-order chi connectivity index (χ0) is 23.0. The Morgan fingerprint density at radius 3 is 2.76 bits per heavy atom. The molecule has 0 bridgehead atoms. The molecular formula is C24H22N8O. The van der Waals surface area contributed by atoms with E-state index >= 15 is 0 Å². The van der Waals surface area contributed by atoms with Crippen LogP contribution in [0.25, 0.3) is 34.3 Å². The predicted octanol–water partition coefficient (Wildman–Crippen LogP) is 3.28. The number of aromatic nitrogens is 5. The van der Waals surface area contributed by atoms with Gasteiger partial charge in [0.2, 0.25) is 5.89 Å². The second kappa shape index (κ2) is 8.07. The summed E-state index contributed by atoms with van der Waals surface area (Å²) in [6.45, 7) is 5.44. The Hall–Kier alpha value is -4.16. The summed E-state index contributed by atoms with van der Waals surface area (Å²) in [4.78, 5) is 13.2. The van der Waals surface area contributed by atoms with Crippen LogP contribution in [0, 0.1) is 11.3 Å².